The van der Waals surface area contributed by atoms with Gasteiger partial charge in [0.05, 0.1) is 29.4 Å². The van der Waals surface area contributed by atoms with E-state index in [0.29, 0.717) is 24.6 Å². The molecule has 2 unspecified atom stereocenters. The summed E-state index contributed by atoms with van der Waals surface area (Å²) in [5, 5.41) is 9.32. The van der Waals surface area contributed by atoms with E-state index in [9.17, 15) is 4.79 Å². The average Bonchev–Trinajstić information content (AvgIpc) is 3.28. The summed E-state index contributed by atoms with van der Waals surface area (Å²) in [6.45, 7) is 11.0. The Morgan fingerprint density at radius 2 is 2.07 bits per heavy atom. The van der Waals surface area contributed by atoms with Crippen LogP contribution in [0.2, 0.25) is 5.02 Å². The number of amides is 1. The summed E-state index contributed by atoms with van der Waals surface area (Å²) in [4.78, 5) is 20.7. The van der Waals surface area contributed by atoms with Crippen LogP contribution in [-0.2, 0) is 4.79 Å². The minimum absolute atomic E-state index is 0.0318. The maximum atomic E-state index is 11.9. The molecule has 30 heavy (non-hydrogen) atoms. The van der Waals surface area contributed by atoms with Crippen LogP contribution in [0.1, 0.15) is 60.3 Å². The summed E-state index contributed by atoms with van der Waals surface area (Å²) < 4.78 is 8.07. The molecule has 1 fully saturated rings. The lowest BCUT2D eigenvalue weighted by Gasteiger charge is -2.25. The lowest BCUT2D eigenvalue weighted by Crippen LogP contribution is -2.16. The third-order valence-electron chi connectivity index (χ3n) is 5.90. The van der Waals surface area contributed by atoms with Crippen molar-refractivity contribution in [3.05, 3.63) is 45.5 Å². The summed E-state index contributed by atoms with van der Waals surface area (Å²) in [6, 6.07) is 1.79. The highest BCUT2D eigenvalue weighted by Crippen LogP contribution is 2.43. The third-order valence-corrected chi connectivity index (χ3v) is 6.29. The molecule has 1 aliphatic rings. The van der Waals surface area contributed by atoms with Crippen molar-refractivity contribution in [1.82, 2.24) is 25.1 Å². The normalized spacial score (nSPS) is 17.4. The maximum absolute atomic E-state index is 11.9. The number of ether oxygens (including phenoxy) is 1. The Hall–Kier alpha value is -2.67. The number of aryl methyl sites for hydroxylation is 2. The number of benzene rings is 1. The van der Waals surface area contributed by atoms with Crippen molar-refractivity contribution < 1.29 is 9.53 Å². The summed E-state index contributed by atoms with van der Waals surface area (Å²) in [7, 11) is 0. The Bertz CT molecular complexity index is 1140. The highest BCUT2D eigenvalue weighted by molar-refractivity contribution is 6.31. The van der Waals surface area contributed by atoms with Gasteiger partial charge in [0.2, 0.25) is 5.91 Å². The van der Waals surface area contributed by atoms with E-state index in [4.69, 9.17) is 21.4 Å². The van der Waals surface area contributed by atoms with Crippen LogP contribution in [0.4, 0.5) is 0 Å². The number of nitrogens with zero attached hydrogens (tertiary/aromatic N) is 4. The molecule has 2 aromatic heterocycles. The number of halogens is 1. The lowest BCUT2D eigenvalue weighted by molar-refractivity contribution is -0.119. The number of fused-ring (bicyclic) bond motifs is 1. The van der Waals surface area contributed by atoms with Gasteiger partial charge in [0.25, 0.3) is 0 Å². The van der Waals surface area contributed by atoms with Crippen molar-refractivity contribution in [3.8, 4) is 5.75 Å². The smallest absolute Gasteiger partial charge is 0.220 e. The molecule has 1 aromatic carbocycles. The first kappa shape index (κ1) is 20.6. The van der Waals surface area contributed by atoms with Gasteiger partial charge in [-0.05, 0) is 46.2 Å². The minimum atomic E-state index is -0.168. The van der Waals surface area contributed by atoms with E-state index in [2.05, 4.69) is 22.2 Å². The van der Waals surface area contributed by atoms with Crippen molar-refractivity contribution in [2.24, 2.45) is 0 Å². The number of hydrogen-bond acceptors (Lipinski definition) is 5. The zero-order chi connectivity index (χ0) is 21.6. The summed E-state index contributed by atoms with van der Waals surface area (Å²) in [5.74, 6) is 0.877. The predicted octanol–water partition coefficient (Wildman–Crippen LogP) is 4.02. The average molecular weight is 428 g/mol. The van der Waals surface area contributed by atoms with Gasteiger partial charge in [-0.15, -0.1) is 0 Å². The molecule has 0 bridgehead atoms. The van der Waals surface area contributed by atoms with Crippen LogP contribution in [0.5, 0.6) is 5.75 Å². The molecule has 0 radical (unpaired) electrons. The molecule has 4 rings (SSSR count). The van der Waals surface area contributed by atoms with Crippen LogP contribution in [-0.4, -0.2) is 38.8 Å². The van der Waals surface area contributed by atoms with Crippen LogP contribution < -0.4 is 10.1 Å². The van der Waals surface area contributed by atoms with Gasteiger partial charge < -0.3 is 10.1 Å². The zero-order valence-corrected chi connectivity index (χ0v) is 18.7. The molecule has 0 aliphatic carbocycles. The Morgan fingerprint density at radius 1 is 1.30 bits per heavy atom. The van der Waals surface area contributed by atoms with E-state index in [1.54, 1.807) is 6.33 Å². The topological polar surface area (TPSA) is 81.9 Å². The van der Waals surface area contributed by atoms with Gasteiger partial charge in [0.1, 0.15) is 12.1 Å². The molecule has 7 nitrogen and oxygen atoms in total. The molecule has 3 heterocycles. The number of rotatable bonds is 5. The maximum Gasteiger partial charge on any atom is 0.220 e. The monoisotopic (exact) mass is 427 g/mol. The number of carbonyl (C=O) groups excluding carboxylic acids is 1. The first-order valence-corrected chi connectivity index (χ1v) is 10.6. The largest absolute Gasteiger partial charge is 0.493 e. The first-order valence-electron chi connectivity index (χ1n) is 10.2. The van der Waals surface area contributed by atoms with Crippen molar-refractivity contribution >= 4 is 28.5 Å². The number of carbonyl (C=O) groups is 1. The van der Waals surface area contributed by atoms with E-state index < -0.39 is 0 Å². The molecule has 1 amide bonds. The molecule has 1 saturated heterocycles. The second kappa shape index (κ2) is 7.87. The molecule has 1 aliphatic heterocycles. The van der Waals surface area contributed by atoms with E-state index in [0.717, 1.165) is 44.9 Å². The molecular weight excluding hydrogens is 402 g/mol. The van der Waals surface area contributed by atoms with Crippen LogP contribution in [0.25, 0.3) is 11.0 Å². The predicted molar refractivity (Wildman–Crippen MR) is 116 cm³/mol. The van der Waals surface area contributed by atoms with E-state index >= 15 is 0 Å². The lowest BCUT2D eigenvalue weighted by atomic mass is 9.89. The van der Waals surface area contributed by atoms with E-state index in [1.165, 1.54) is 0 Å². The summed E-state index contributed by atoms with van der Waals surface area (Å²) in [6.07, 6.45) is 2.00. The molecule has 2 atom stereocenters. The Morgan fingerprint density at radius 3 is 2.73 bits per heavy atom. The molecule has 8 heteroatoms. The molecule has 158 valence electrons. The van der Waals surface area contributed by atoms with Gasteiger partial charge in [0.15, 0.2) is 5.65 Å². The van der Waals surface area contributed by atoms with Crippen LogP contribution >= 0.6 is 11.6 Å². The molecule has 1 N–H and O–H groups in total. The standard InChI is InChI=1S/C22H26ClN5O2/c1-6-30-21-16(8-17(23)11(2)19(21)15-7-18(29)24-9-15)14(5)28-22-20(13(4)27-28)12(3)25-10-26-22/h8,10,14-15H,6-7,9H2,1-5H3,(H,24,29). The van der Waals surface area contributed by atoms with Crippen LogP contribution in [0.15, 0.2) is 12.4 Å². The zero-order valence-electron chi connectivity index (χ0n) is 17.9. The molecule has 3 aromatic rings. The van der Waals surface area contributed by atoms with Crippen molar-refractivity contribution in [2.75, 3.05) is 13.2 Å². The van der Waals surface area contributed by atoms with Crippen molar-refractivity contribution in [3.63, 3.8) is 0 Å². The number of hydrogen-bond donors (Lipinski definition) is 1. The molecular formula is C22H26ClN5O2. The van der Waals surface area contributed by atoms with Gasteiger partial charge >= 0.3 is 0 Å². The van der Waals surface area contributed by atoms with Crippen molar-refractivity contribution in [1.29, 1.82) is 0 Å². The SMILES string of the molecule is CCOc1c(C(C)n2nc(C)c3c(C)ncnc32)cc(Cl)c(C)c1C1CNC(=O)C1. The van der Waals surface area contributed by atoms with Gasteiger partial charge in [-0.1, -0.05) is 11.6 Å². The van der Waals surface area contributed by atoms with Gasteiger partial charge in [-0.25, -0.2) is 14.6 Å². The fourth-order valence-electron chi connectivity index (χ4n) is 4.40. The second-order valence-corrected chi connectivity index (χ2v) is 8.22. The number of nitrogens with one attached hydrogen (secondary N) is 1. The fourth-order valence-corrected chi connectivity index (χ4v) is 4.62. The fraction of sp³-hybridized carbons (Fsp3) is 0.455. The minimum Gasteiger partial charge on any atom is -0.493 e. The van der Waals surface area contributed by atoms with E-state index in [1.807, 2.05) is 38.4 Å². The van der Waals surface area contributed by atoms with E-state index in [-0.39, 0.29) is 17.9 Å². The second-order valence-electron chi connectivity index (χ2n) is 7.82. The summed E-state index contributed by atoms with van der Waals surface area (Å²) in [5.41, 5.74) is 5.46. The molecule has 0 spiro atoms. The summed E-state index contributed by atoms with van der Waals surface area (Å²) >= 11 is 6.67. The van der Waals surface area contributed by atoms with Gasteiger partial charge in [-0.3, -0.25) is 4.79 Å². The third kappa shape index (κ3) is 3.31. The van der Waals surface area contributed by atoms with Gasteiger partial charge in [0, 0.05) is 35.0 Å². The number of aromatic nitrogens is 4. The Kier molecular flexibility index (Phi) is 5.40. The molecule has 0 saturated carbocycles. The first-order chi connectivity index (χ1) is 14.3. The van der Waals surface area contributed by atoms with Gasteiger partial charge in [-0.2, -0.15) is 5.10 Å². The van der Waals surface area contributed by atoms with Crippen molar-refractivity contribution in [2.45, 2.75) is 53.0 Å². The Labute approximate surface area is 180 Å². The highest BCUT2D eigenvalue weighted by Gasteiger charge is 2.31. The van der Waals surface area contributed by atoms with Crippen LogP contribution in [0, 0.1) is 20.8 Å². The van der Waals surface area contributed by atoms with Crippen LogP contribution in [0.3, 0.4) is 0 Å². The highest BCUT2D eigenvalue weighted by atomic mass is 35.5. The Balaban J connectivity index is 1.91. The quantitative estimate of drug-likeness (QED) is 0.665.